The van der Waals surface area contributed by atoms with Gasteiger partial charge in [0.25, 0.3) is 0 Å². The fourth-order valence-corrected chi connectivity index (χ4v) is 3.88. The van der Waals surface area contributed by atoms with Crippen LogP contribution in [0, 0.1) is 0 Å². The van der Waals surface area contributed by atoms with E-state index in [9.17, 15) is 13.2 Å². The van der Waals surface area contributed by atoms with Gasteiger partial charge in [-0.15, -0.1) is 0 Å². The highest BCUT2D eigenvalue weighted by molar-refractivity contribution is 7.90. The van der Waals surface area contributed by atoms with E-state index in [0.29, 0.717) is 5.56 Å². The number of rotatable bonds is 3. The molecule has 130 valence electrons. The van der Waals surface area contributed by atoms with Crippen LogP contribution in [-0.2, 0) is 14.6 Å². The SMILES string of the molecule is CS(=O)(=O)c1ccc(C(=O)OC2c3ccccc3-c3ccccc32)cc1. The third-order valence-corrected chi connectivity index (χ3v) is 5.65. The van der Waals surface area contributed by atoms with Crippen LogP contribution in [0.2, 0.25) is 0 Å². The molecule has 0 saturated carbocycles. The third-order valence-electron chi connectivity index (χ3n) is 4.52. The summed E-state index contributed by atoms with van der Waals surface area (Å²) in [4.78, 5) is 12.8. The van der Waals surface area contributed by atoms with E-state index in [-0.39, 0.29) is 4.90 Å². The first-order chi connectivity index (χ1) is 12.4. The maximum Gasteiger partial charge on any atom is 0.339 e. The van der Waals surface area contributed by atoms with E-state index in [0.717, 1.165) is 28.5 Å². The molecule has 26 heavy (non-hydrogen) atoms. The van der Waals surface area contributed by atoms with Gasteiger partial charge in [0.05, 0.1) is 10.5 Å². The van der Waals surface area contributed by atoms with Crippen LogP contribution in [0.5, 0.6) is 0 Å². The summed E-state index contributed by atoms with van der Waals surface area (Å²) in [5, 5.41) is 0. The predicted molar refractivity (Wildman–Crippen MR) is 98.7 cm³/mol. The number of carbonyl (C=O) groups is 1. The molecule has 0 aliphatic heterocycles. The number of carbonyl (C=O) groups excluding carboxylic acids is 1. The van der Waals surface area contributed by atoms with Crippen LogP contribution in [0.1, 0.15) is 27.6 Å². The molecule has 1 aliphatic rings. The zero-order chi connectivity index (χ0) is 18.3. The molecule has 0 amide bonds. The van der Waals surface area contributed by atoms with Crippen molar-refractivity contribution in [2.75, 3.05) is 6.26 Å². The van der Waals surface area contributed by atoms with Crippen LogP contribution in [0.3, 0.4) is 0 Å². The van der Waals surface area contributed by atoms with Crippen LogP contribution in [0.25, 0.3) is 11.1 Å². The number of esters is 1. The molecule has 4 rings (SSSR count). The Morgan fingerprint density at radius 3 is 1.81 bits per heavy atom. The Kier molecular flexibility index (Phi) is 3.89. The third kappa shape index (κ3) is 2.80. The molecule has 0 unspecified atom stereocenters. The van der Waals surface area contributed by atoms with Crippen molar-refractivity contribution in [3.8, 4) is 11.1 Å². The Balaban J connectivity index is 1.66. The van der Waals surface area contributed by atoms with Crippen molar-refractivity contribution in [1.82, 2.24) is 0 Å². The lowest BCUT2D eigenvalue weighted by Crippen LogP contribution is -2.11. The number of hydrogen-bond acceptors (Lipinski definition) is 4. The molecule has 0 atom stereocenters. The minimum Gasteiger partial charge on any atom is -0.449 e. The summed E-state index contributed by atoms with van der Waals surface area (Å²) < 4.78 is 28.9. The van der Waals surface area contributed by atoms with E-state index < -0.39 is 21.9 Å². The van der Waals surface area contributed by atoms with E-state index in [1.807, 2.05) is 48.5 Å². The molecule has 0 fully saturated rings. The van der Waals surface area contributed by atoms with Crippen molar-refractivity contribution in [2.24, 2.45) is 0 Å². The molecule has 0 radical (unpaired) electrons. The first-order valence-electron chi connectivity index (χ1n) is 8.14. The molecule has 0 bridgehead atoms. The molecular formula is C21H16O4S. The number of ether oxygens (including phenoxy) is 1. The number of hydrogen-bond donors (Lipinski definition) is 0. The summed E-state index contributed by atoms with van der Waals surface area (Å²) in [6.07, 6.45) is 0.664. The molecule has 3 aromatic rings. The van der Waals surface area contributed by atoms with Crippen molar-refractivity contribution >= 4 is 15.8 Å². The average Bonchev–Trinajstić information content (AvgIpc) is 2.95. The predicted octanol–water partition coefficient (Wildman–Crippen LogP) is 4.02. The maximum atomic E-state index is 12.6. The van der Waals surface area contributed by atoms with Gasteiger partial charge >= 0.3 is 5.97 Å². The van der Waals surface area contributed by atoms with E-state index >= 15 is 0 Å². The van der Waals surface area contributed by atoms with Crippen LogP contribution in [0.4, 0.5) is 0 Å². The van der Waals surface area contributed by atoms with Gasteiger partial charge in [0.2, 0.25) is 0 Å². The molecule has 0 saturated heterocycles. The number of benzene rings is 3. The number of sulfone groups is 1. The van der Waals surface area contributed by atoms with Crippen molar-refractivity contribution in [2.45, 2.75) is 11.0 Å². The highest BCUT2D eigenvalue weighted by Gasteiger charge is 2.31. The molecule has 0 heterocycles. The standard InChI is InChI=1S/C21H16O4S/c1-26(23,24)15-12-10-14(11-13-15)21(22)25-20-18-8-4-2-6-16(18)17-7-3-5-9-19(17)20/h2-13,20H,1H3. The van der Waals surface area contributed by atoms with Gasteiger partial charge in [0, 0.05) is 17.4 Å². The summed E-state index contributed by atoms with van der Waals surface area (Å²) in [5.41, 5.74) is 4.35. The minimum absolute atomic E-state index is 0.172. The Morgan fingerprint density at radius 2 is 1.31 bits per heavy atom. The monoisotopic (exact) mass is 364 g/mol. The largest absolute Gasteiger partial charge is 0.449 e. The smallest absolute Gasteiger partial charge is 0.339 e. The molecule has 0 aromatic heterocycles. The van der Waals surface area contributed by atoms with E-state index in [2.05, 4.69) is 0 Å². The highest BCUT2D eigenvalue weighted by atomic mass is 32.2. The van der Waals surface area contributed by atoms with Crippen molar-refractivity contribution in [3.05, 3.63) is 89.5 Å². The minimum atomic E-state index is -3.30. The Bertz CT molecular complexity index is 1050. The van der Waals surface area contributed by atoms with E-state index in [4.69, 9.17) is 4.74 Å². The molecule has 5 heteroatoms. The van der Waals surface area contributed by atoms with Crippen LogP contribution >= 0.6 is 0 Å². The summed E-state index contributed by atoms with van der Waals surface area (Å²) in [5.74, 6) is -0.485. The molecule has 1 aliphatic carbocycles. The molecule has 0 N–H and O–H groups in total. The molecular weight excluding hydrogens is 348 g/mol. The first kappa shape index (κ1) is 16.5. The first-order valence-corrected chi connectivity index (χ1v) is 10.0. The van der Waals surface area contributed by atoms with Crippen LogP contribution in [-0.4, -0.2) is 20.6 Å². The second-order valence-corrected chi connectivity index (χ2v) is 8.27. The van der Waals surface area contributed by atoms with E-state index in [1.165, 1.54) is 24.3 Å². The highest BCUT2D eigenvalue weighted by Crippen LogP contribution is 2.45. The van der Waals surface area contributed by atoms with Crippen LogP contribution in [0.15, 0.2) is 77.7 Å². The topological polar surface area (TPSA) is 60.4 Å². The lowest BCUT2D eigenvalue weighted by molar-refractivity contribution is 0.0385. The van der Waals surface area contributed by atoms with Gasteiger partial charge in [-0.3, -0.25) is 0 Å². The van der Waals surface area contributed by atoms with E-state index in [1.54, 1.807) is 0 Å². The summed E-state index contributed by atoms with van der Waals surface area (Å²) in [7, 11) is -3.30. The van der Waals surface area contributed by atoms with Gasteiger partial charge in [0.15, 0.2) is 15.9 Å². The van der Waals surface area contributed by atoms with Gasteiger partial charge in [-0.1, -0.05) is 48.5 Å². The fourth-order valence-electron chi connectivity index (χ4n) is 3.25. The fraction of sp³-hybridized carbons (Fsp3) is 0.0952. The maximum absolute atomic E-state index is 12.6. The van der Waals surface area contributed by atoms with Crippen molar-refractivity contribution < 1.29 is 17.9 Å². The summed E-state index contributed by atoms with van der Waals surface area (Å²) in [6.45, 7) is 0. The quantitative estimate of drug-likeness (QED) is 0.659. The molecule has 3 aromatic carbocycles. The zero-order valence-corrected chi connectivity index (χ0v) is 14.9. The Morgan fingerprint density at radius 1 is 0.808 bits per heavy atom. The van der Waals surface area contributed by atoms with Gasteiger partial charge in [-0.05, 0) is 35.4 Å². The normalized spacial score (nSPS) is 13.1. The molecule has 4 nitrogen and oxygen atoms in total. The van der Waals surface area contributed by atoms with Gasteiger partial charge in [-0.25, -0.2) is 13.2 Å². The summed E-state index contributed by atoms with van der Waals surface area (Å²) >= 11 is 0. The van der Waals surface area contributed by atoms with Crippen molar-refractivity contribution in [1.29, 1.82) is 0 Å². The van der Waals surface area contributed by atoms with Gasteiger partial charge < -0.3 is 4.74 Å². The molecule has 0 spiro atoms. The Labute approximate surface area is 152 Å². The second kappa shape index (κ2) is 6.11. The van der Waals surface area contributed by atoms with Crippen molar-refractivity contribution in [3.63, 3.8) is 0 Å². The zero-order valence-electron chi connectivity index (χ0n) is 14.0. The average molecular weight is 364 g/mol. The summed E-state index contributed by atoms with van der Waals surface area (Å²) in [6, 6.07) is 21.5. The second-order valence-electron chi connectivity index (χ2n) is 6.26. The lowest BCUT2D eigenvalue weighted by atomic mass is 10.1. The number of fused-ring (bicyclic) bond motifs is 3. The lowest BCUT2D eigenvalue weighted by Gasteiger charge is -2.15. The Hall–Kier alpha value is -2.92. The van der Waals surface area contributed by atoms with Gasteiger partial charge in [0.1, 0.15) is 0 Å². The van der Waals surface area contributed by atoms with Crippen LogP contribution < -0.4 is 0 Å². The van der Waals surface area contributed by atoms with Gasteiger partial charge in [-0.2, -0.15) is 0 Å².